The number of nitrogens with zero attached hydrogens (tertiary/aromatic N) is 1. The van der Waals surface area contributed by atoms with E-state index in [-0.39, 0.29) is 30.2 Å². The predicted octanol–water partition coefficient (Wildman–Crippen LogP) is -0.142. The Morgan fingerprint density at radius 2 is 1.69 bits per heavy atom. The molecule has 1 saturated heterocycles. The highest BCUT2D eigenvalue weighted by molar-refractivity contribution is 5.83. The van der Waals surface area contributed by atoms with Gasteiger partial charge in [0.2, 0.25) is 17.7 Å². The van der Waals surface area contributed by atoms with E-state index in [1.165, 1.54) is 0 Å². The first-order valence-electron chi connectivity index (χ1n) is 9.82. The van der Waals surface area contributed by atoms with Gasteiger partial charge < -0.3 is 27.0 Å². The Hall–Kier alpha value is -1.67. The summed E-state index contributed by atoms with van der Waals surface area (Å²) in [6, 6.07) is -0.347. The molecule has 8 heteroatoms. The van der Waals surface area contributed by atoms with E-state index in [2.05, 4.69) is 10.6 Å². The molecule has 0 aromatic carbocycles. The number of hydrogen-bond donors (Lipinski definition) is 4. The average molecular weight is 370 g/mol. The third-order valence-corrected chi connectivity index (χ3v) is 4.57. The molecule has 1 heterocycles. The topological polar surface area (TPSA) is 131 Å². The molecule has 0 radical (unpaired) electrons. The summed E-state index contributed by atoms with van der Waals surface area (Å²) in [4.78, 5) is 37.0. The van der Waals surface area contributed by atoms with Crippen LogP contribution in [0.15, 0.2) is 0 Å². The van der Waals surface area contributed by atoms with Crippen LogP contribution in [0.25, 0.3) is 0 Å². The zero-order chi connectivity index (χ0) is 19.2. The number of hydrogen-bond acceptors (Lipinski definition) is 5. The predicted molar refractivity (Wildman–Crippen MR) is 101 cm³/mol. The first-order valence-corrected chi connectivity index (χ1v) is 9.82. The molecule has 6 N–H and O–H groups in total. The van der Waals surface area contributed by atoms with Gasteiger partial charge in [-0.05, 0) is 51.6 Å². The number of primary amides is 1. The Bertz CT molecular complexity index is 439. The molecule has 0 spiro atoms. The molecule has 1 aliphatic rings. The van der Waals surface area contributed by atoms with E-state index >= 15 is 0 Å². The fourth-order valence-electron chi connectivity index (χ4n) is 3.04. The maximum atomic E-state index is 12.5. The van der Waals surface area contributed by atoms with Crippen molar-refractivity contribution >= 4 is 17.7 Å². The van der Waals surface area contributed by atoms with Crippen molar-refractivity contribution in [3.63, 3.8) is 0 Å². The van der Waals surface area contributed by atoms with Gasteiger partial charge in [0.1, 0.15) is 0 Å². The van der Waals surface area contributed by atoms with Crippen molar-refractivity contribution in [2.45, 2.75) is 63.8 Å². The smallest absolute Gasteiger partial charge is 0.239 e. The maximum Gasteiger partial charge on any atom is 0.239 e. The van der Waals surface area contributed by atoms with E-state index in [1.54, 1.807) is 0 Å². The molecule has 1 unspecified atom stereocenters. The minimum Gasteiger partial charge on any atom is -0.370 e. The Balaban J connectivity index is 2.20. The lowest BCUT2D eigenvalue weighted by Gasteiger charge is -2.24. The molecular weight excluding hydrogens is 334 g/mol. The van der Waals surface area contributed by atoms with Gasteiger partial charge in [0.05, 0.1) is 6.04 Å². The van der Waals surface area contributed by atoms with Gasteiger partial charge in [0.25, 0.3) is 0 Å². The monoisotopic (exact) mass is 369 g/mol. The summed E-state index contributed by atoms with van der Waals surface area (Å²) in [6.45, 7) is 3.51. The minimum atomic E-state index is -0.383. The van der Waals surface area contributed by atoms with Gasteiger partial charge in [0.15, 0.2) is 0 Å². The van der Waals surface area contributed by atoms with Crippen LogP contribution in [0.5, 0.6) is 0 Å². The summed E-state index contributed by atoms with van der Waals surface area (Å²) in [7, 11) is 0. The highest BCUT2D eigenvalue weighted by atomic mass is 16.2. The van der Waals surface area contributed by atoms with Crippen LogP contribution in [0, 0.1) is 0 Å². The zero-order valence-corrected chi connectivity index (χ0v) is 15.8. The second-order valence-electron chi connectivity index (χ2n) is 6.85. The van der Waals surface area contributed by atoms with Crippen LogP contribution in [0.4, 0.5) is 0 Å². The number of carbonyl (C=O) groups is 3. The molecule has 26 heavy (non-hydrogen) atoms. The van der Waals surface area contributed by atoms with Crippen molar-refractivity contribution in [2.24, 2.45) is 11.5 Å². The number of nitrogens with one attached hydrogen (secondary N) is 2. The highest BCUT2D eigenvalue weighted by Gasteiger charge is 2.26. The molecule has 0 saturated carbocycles. The van der Waals surface area contributed by atoms with Gasteiger partial charge in [-0.1, -0.05) is 6.42 Å². The second kappa shape index (κ2) is 13.5. The summed E-state index contributed by atoms with van der Waals surface area (Å²) < 4.78 is 0. The third kappa shape index (κ3) is 9.72. The van der Waals surface area contributed by atoms with Crippen LogP contribution in [0.2, 0.25) is 0 Å². The Morgan fingerprint density at radius 1 is 0.962 bits per heavy atom. The molecule has 0 aliphatic carbocycles. The first-order chi connectivity index (χ1) is 12.5. The van der Waals surface area contributed by atoms with Crippen molar-refractivity contribution in [3.8, 4) is 0 Å². The number of nitrogens with two attached hydrogens (primary N) is 2. The molecule has 0 aromatic rings. The number of amides is 3. The Kier molecular flexibility index (Phi) is 11.6. The summed E-state index contributed by atoms with van der Waals surface area (Å²) in [5.74, 6) is -0.246. The van der Waals surface area contributed by atoms with E-state index in [1.807, 2.05) is 4.90 Å². The van der Waals surface area contributed by atoms with Crippen molar-refractivity contribution in [1.29, 1.82) is 0 Å². The van der Waals surface area contributed by atoms with E-state index in [0.29, 0.717) is 32.5 Å². The average Bonchev–Trinajstić information content (AvgIpc) is 3.14. The van der Waals surface area contributed by atoms with E-state index in [4.69, 9.17) is 11.5 Å². The molecule has 1 fully saturated rings. The summed E-state index contributed by atoms with van der Waals surface area (Å²) in [5.41, 5.74) is 10.6. The summed E-state index contributed by atoms with van der Waals surface area (Å²) in [5, 5.41) is 6.11. The Morgan fingerprint density at radius 3 is 2.35 bits per heavy atom. The van der Waals surface area contributed by atoms with Crippen LogP contribution in [0.3, 0.4) is 0 Å². The zero-order valence-electron chi connectivity index (χ0n) is 15.8. The van der Waals surface area contributed by atoms with Crippen molar-refractivity contribution in [1.82, 2.24) is 15.5 Å². The standard InChI is InChI=1S/C18H35N5O3/c19-10-6-12-22-17(25)7-2-1-3-11-21-15(8-9-16(20)24)18(26)23-13-4-5-14-23/h15,21H,1-14,19H2,(H2,20,24)(H,22,25). The van der Waals surface area contributed by atoms with Crippen LogP contribution in [0.1, 0.15) is 57.8 Å². The summed E-state index contributed by atoms with van der Waals surface area (Å²) >= 11 is 0. The molecule has 1 aliphatic heterocycles. The highest BCUT2D eigenvalue weighted by Crippen LogP contribution is 2.11. The number of rotatable bonds is 14. The normalized spacial score (nSPS) is 15.0. The lowest BCUT2D eigenvalue weighted by Crippen LogP contribution is -2.46. The van der Waals surface area contributed by atoms with Crippen molar-refractivity contribution < 1.29 is 14.4 Å². The van der Waals surface area contributed by atoms with Crippen molar-refractivity contribution in [2.75, 3.05) is 32.7 Å². The van der Waals surface area contributed by atoms with Crippen LogP contribution < -0.4 is 22.1 Å². The number of carbonyl (C=O) groups excluding carboxylic acids is 3. The maximum absolute atomic E-state index is 12.5. The lowest BCUT2D eigenvalue weighted by atomic mass is 10.1. The molecule has 150 valence electrons. The quantitative estimate of drug-likeness (QED) is 0.317. The van der Waals surface area contributed by atoms with Gasteiger partial charge in [-0.3, -0.25) is 14.4 Å². The molecule has 1 rings (SSSR count). The largest absolute Gasteiger partial charge is 0.370 e. The van der Waals surface area contributed by atoms with Crippen LogP contribution >= 0.6 is 0 Å². The van der Waals surface area contributed by atoms with Crippen LogP contribution in [-0.2, 0) is 14.4 Å². The van der Waals surface area contributed by atoms with Gasteiger partial charge in [-0.25, -0.2) is 0 Å². The SMILES string of the molecule is NCCCNC(=O)CCCCCNC(CCC(N)=O)C(=O)N1CCCC1. The fourth-order valence-corrected chi connectivity index (χ4v) is 3.04. The van der Waals surface area contributed by atoms with E-state index < -0.39 is 0 Å². The van der Waals surface area contributed by atoms with Crippen LogP contribution in [-0.4, -0.2) is 61.4 Å². The van der Waals surface area contributed by atoms with E-state index in [9.17, 15) is 14.4 Å². The summed E-state index contributed by atoms with van der Waals surface area (Å²) in [6.07, 6.45) is 6.67. The lowest BCUT2D eigenvalue weighted by molar-refractivity contribution is -0.132. The second-order valence-corrected chi connectivity index (χ2v) is 6.85. The molecule has 8 nitrogen and oxygen atoms in total. The molecular formula is C18H35N5O3. The van der Waals surface area contributed by atoms with Gasteiger partial charge in [-0.15, -0.1) is 0 Å². The van der Waals surface area contributed by atoms with Gasteiger partial charge in [0, 0.05) is 32.5 Å². The molecule has 0 aromatic heterocycles. The van der Waals surface area contributed by atoms with Gasteiger partial charge in [-0.2, -0.15) is 0 Å². The van der Waals surface area contributed by atoms with Crippen molar-refractivity contribution in [3.05, 3.63) is 0 Å². The number of unbranched alkanes of at least 4 members (excludes halogenated alkanes) is 2. The molecule has 1 atom stereocenters. The first kappa shape index (κ1) is 22.4. The molecule has 3 amide bonds. The number of likely N-dealkylation sites (tertiary alicyclic amines) is 1. The Labute approximate surface area is 156 Å². The van der Waals surface area contributed by atoms with E-state index in [0.717, 1.165) is 51.6 Å². The fraction of sp³-hybridized carbons (Fsp3) is 0.833. The van der Waals surface area contributed by atoms with Gasteiger partial charge >= 0.3 is 0 Å². The third-order valence-electron chi connectivity index (χ3n) is 4.57. The minimum absolute atomic E-state index is 0.0648. The molecule has 0 bridgehead atoms.